The third-order valence-corrected chi connectivity index (χ3v) is 10.4. The smallest absolute Gasteiger partial charge is 0.248 e. The minimum Gasteiger partial charge on any atom is -0.375 e. The number of piperidine rings is 1. The van der Waals surface area contributed by atoms with Crippen LogP contribution < -0.4 is 10.6 Å². The van der Waals surface area contributed by atoms with E-state index >= 15 is 0 Å². The Balaban J connectivity index is 1.28. The van der Waals surface area contributed by atoms with Crippen LogP contribution in [0.4, 0.5) is 11.5 Å². The highest BCUT2D eigenvalue weighted by atomic mass is 79.9. The van der Waals surface area contributed by atoms with Gasteiger partial charge >= 0.3 is 0 Å². The fourth-order valence-corrected chi connectivity index (χ4v) is 7.65. The quantitative estimate of drug-likeness (QED) is 0.172. The van der Waals surface area contributed by atoms with Gasteiger partial charge in [0.2, 0.25) is 11.8 Å². The molecule has 0 radical (unpaired) electrons. The maximum absolute atomic E-state index is 14.2. The standard InChI is InChI=1S/C37H43BrN8O3/c1-22-14-26(27-18-40-24(3)41-19-27)15-28(33(39)23(2)47)34(22)42-20-32(48)46-29-16-37(17-30(37)46)21-45(4)13-9-7-5-6-8-10-25-11-12-31(38)43-35(25)44-36(29)49/h6,8,11-12,14-15,18-19,29-30,39,42H,5,7,9-10,13,16-17,20-21H2,1-4H3,(H,43,44,49)/b8-6+,39-33?/t29-,30+,37-/m0/s1. The van der Waals surface area contributed by atoms with Crippen molar-refractivity contribution in [1.82, 2.24) is 24.8 Å². The molecular formula is C37H43BrN8O3. The first-order chi connectivity index (χ1) is 23.5. The first-order valence-corrected chi connectivity index (χ1v) is 17.6. The third-order valence-electron chi connectivity index (χ3n) is 9.93. The Labute approximate surface area is 295 Å². The summed E-state index contributed by atoms with van der Waals surface area (Å²) in [4.78, 5) is 58.0. The van der Waals surface area contributed by atoms with Crippen LogP contribution in [0.2, 0.25) is 0 Å². The second-order valence-corrected chi connectivity index (χ2v) is 14.5. The van der Waals surface area contributed by atoms with Crippen molar-refractivity contribution in [3.63, 3.8) is 0 Å². The van der Waals surface area contributed by atoms with Gasteiger partial charge in [-0.1, -0.05) is 18.2 Å². The number of benzene rings is 1. The molecule has 2 aliphatic heterocycles. The molecule has 3 N–H and O–H groups in total. The minimum absolute atomic E-state index is 0.0488. The van der Waals surface area contributed by atoms with Crippen LogP contribution in [0, 0.1) is 24.7 Å². The maximum Gasteiger partial charge on any atom is 0.248 e. The number of aromatic nitrogens is 3. The Bertz CT molecular complexity index is 1830. The van der Waals surface area contributed by atoms with E-state index in [-0.39, 0.29) is 41.3 Å². The van der Waals surface area contributed by atoms with Gasteiger partial charge in [-0.3, -0.25) is 19.8 Å². The van der Waals surface area contributed by atoms with Crippen LogP contribution in [0.5, 0.6) is 0 Å². The highest BCUT2D eigenvalue weighted by Gasteiger charge is 2.67. The second kappa shape index (κ2) is 14.3. The Morgan fingerprint density at radius 1 is 1.10 bits per heavy atom. The predicted molar refractivity (Wildman–Crippen MR) is 194 cm³/mol. The summed E-state index contributed by atoms with van der Waals surface area (Å²) < 4.78 is 0.623. The van der Waals surface area contributed by atoms with Crippen molar-refractivity contribution in [2.24, 2.45) is 5.41 Å². The minimum atomic E-state index is -0.654. The molecular weight excluding hydrogens is 684 g/mol. The van der Waals surface area contributed by atoms with Gasteiger partial charge in [-0.2, -0.15) is 0 Å². The van der Waals surface area contributed by atoms with Gasteiger partial charge in [-0.25, -0.2) is 15.0 Å². The predicted octanol–water partition coefficient (Wildman–Crippen LogP) is 5.50. The van der Waals surface area contributed by atoms with Crippen molar-refractivity contribution in [3.8, 4) is 11.1 Å². The van der Waals surface area contributed by atoms with Gasteiger partial charge in [0.15, 0.2) is 5.78 Å². The molecule has 2 bridgehead atoms. The number of Topliss-reactive ketones (excluding diaryl/α,β-unsaturated/α-hetero) is 1. The highest BCUT2D eigenvalue weighted by molar-refractivity contribution is 9.10. The van der Waals surface area contributed by atoms with Gasteiger partial charge in [0.25, 0.3) is 0 Å². The van der Waals surface area contributed by atoms with Crippen LogP contribution in [0.3, 0.4) is 0 Å². The number of carbonyl (C=O) groups excluding carboxylic acids is 3. The number of nitrogens with one attached hydrogen (secondary N) is 3. The van der Waals surface area contributed by atoms with Gasteiger partial charge in [0.1, 0.15) is 28.0 Å². The molecule has 11 nitrogen and oxygen atoms in total. The average Bonchev–Trinajstić information content (AvgIpc) is 3.65. The number of likely N-dealkylation sites (tertiary alicyclic amines) is 1. The molecule has 1 aromatic carbocycles. The molecule has 12 heteroatoms. The summed E-state index contributed by atoms with van der Waals surface area (Å²) in [7, 11) is 2.13. The number of nitrogens with zero attached hydrogens (tertiary/aromatic N) is 5. The SMILES string of the molecule is CC(=O)C(=N)c1cc(-c2cnc(C)nc2)cc(C)c1NCC(=O)N1[C@H]2C[C@]3(C[C@@H]13)CN(C)CCCC/C=C/Cc1ccc(Br)nc1NC2=O. The van der Waals surface area contributed by atoms with Crippen molar-refractivity contribution in [1.29, 1.82) is 5.41 Å². The average molecular weight is 728 g/mol. The number of allylic oxidation sites excluding steroid dienone is 2. The van der Waals surface area contributed by atoms with Crippen molar-refractivity contribution in [2.45, 2.75) is 71.4 Å². The zero-order chi connectivity index (χ0) is 34.9. The molecule has 6 rings (SSSR count). The Hall–Kier alpha value is -4.29. The molecule has 1 saturated heterocycles. The van der Waals surface area contributed by atoms with Gasteiger partial charge in [0.05, 0.1) is 6.54 Å². The number of pyridine rings is 1. The highest BCUT2D eigenvalue weighted by Crippen LogP contribution is 2.60. The van der Waals surface area contributed by atoms with Crippen LogP contribution in [-0.4, -0.2) is 86.8 Å². The second-order valence-electron chi connectivity index (χ2n) is 13.7. The summed E-state index contributed by atoms with van der Waals surface area (Å²) in [6.07, 6.45) is 13.0. The fraction of sp³-hybridized carbons (Fsp3) is 0.432. The Morgan fingerprint density at radius 3 is 2.63 bits per heavy atom. The molecule has 3 aromatic rings. The summed E-state index contributed by atoms with van der Waals surface area (Å²) in [6, 6.07) is 6.83. The monoisotopic (exact) mass is 726 g/mol. The number of hydrogen-bond donors (Lipinski definition) is 3. The lowest BCUT2D eigenvalue weighted by atomic mass is 9.95. The van der Waals surface area contributed by atoms with Crippen LogP contribution in [0.1, 0.15) is 61.5 Å². The van der Waals surface area contributed by atoms with E-state index in [0.717, 1.165) is 61.0 Å². The third kappa shape index (κ3) is 7.50. The summed E-state index contributed by atoms with van der Waals surface area (Å²) in [5.74, 6) is 0.303. The van der Waals surface area contributed by atoms with Crippen LogP contribution >= 0.6 is 15.9 Å². The number of hydrogen-bond acceptors (Lipinski definition) is 9. The first kappa shape index (κ1) is 34.6. The molecule has 4 heterocycles. The lowest BCUT2D eigenvalue weighted by Crippen LogP contribution is -2.47. The molecule has 49 heavy (non-hydrogen) atoms. The van der Waals surface area contributed by atoms with Crippen LogP contribution in [-0.2, 0) is 20.8 Å². The van der Waals surface area contributed by atoms with E-state index in [4.69, 9.17) is 5.41 Å². The van der Waals surface area contributed by atoms with Crippen LogP contribution in [0.15, 0.2) is 53.4 Å². The molecule has 2 aromatic heterocycles. The number of aryl methyl sites for hydroxylation is 2. The number of rotatable bonds is 6. The van der Waals surface area contributed by atoms with E-state index < -0.39 is 6.04 Å². The Morgan fingerprint density at radius 2 is 1.88 bits per heavy atom. The molecule has 1 aliphatic carbocycles. The molecule has 2 fully saturated rings. The number of fused-ring (bicyclic) bond motifs is 2. The van der Waals surface area contributed by atoms with Gasteiger partial charge < -0.3 is 20.4 Å². The van der Waals surface area contributed by atoms with E-state index in [2.05, 4.69) is 65.6 Å². The molecule has 1 saturated carbocycles. The van der Waals surface area contributed by atoms with Gasteiger partial charge in [0, 0.05) is 54.1 Å². The van der Waals surface area contributed by atoms with Crippen molar-refractivity contribution >= 4 is 50.7 Å². The largest absolute Gasteiger partial charge is 0.375 e. The molecule has 0 unspecified atom stereocenters. The summed E-state index contributed by atoms with van der Waals surface area (Å²) >= 11 is 3.45. The number of amides is 2. The van der Waals surface area contributed by atoms with Crippen LogP contribution in [0.25, 0.3) is 11.1 Å². The summed E-state index contributed by atoms with van der Waals surface area (Å²) in [6.45, 7) is 6.73. The molecule has 1 spiro atoms. The van der Waals surface area contributed by atoms with Gasteiger partial charge in [-0.05, 0) is 117 Å². The van der Waals surface area contributed by atoms with Crippen molar-refractivity contribution < 1.29 is 14.4 Å². The zero-order valence-electron chi connectivity index (χ0n) is 28.5. The summed E-state index contributed by atoms with van der Waals surface area (Å²) in [5, 5.41) is 15.0. The first-order valence-electron chi connectivity index (χ1n) is 16.8. The lowest BCUT2D eigenvalue weighted by Gasteiger charge is -2.28. The number of anilines is 2. The summed E-state index contributed by atoms with van der Waals surface area (Å²) in [5.41, 5.74) is 3.83. The van der Waals surface area contributed by atoms with E-state index in [0.29, 0.717) is 40.3 Å². The normalized spacial score (nSPS) is 23.2. The number of ketones is 1. The topological polar surface area (TPSA) is 144 Å². The maximum atomic E-state index is 14.2. The molecule has 3 aliphatic rings. The zero-order valence-corrected chi connectivity index (χ0v) is 30.1. The van der Waals surface area contributed by atoms with E-state index in [9.17, 15) is 14.4 Å². The number of carbonyl (C=O) groups is 3. The fourth-order valence-electron chi connectivity index (χ4n) is 7.34. The molecule has 2 amide bonds. The van der Waals surface area contributed by atoms with Crippen molar-refractivity contribution in [3.05, 3.63) is 75.9 Å². The number of halogens is 1. The Kier molecular flexibility index (Phi) is 10.1. The van der Waals surface area contributed by atoms with Gasteiger partial charge in [-0.15, -0.1) is 0 Å². The van der Waals surface area contributed by atoms with Crippen molar-refractivity contribution in [2.75, 3.05) is 37.3 Å². The molecule has 3 atom stereocenters. The lowest BCUT2D eigenvalue weighted by molar-refractivity contribution is -0.136. The van der Waals surface area contributed by atoms with E-state index in [1.54, 1.807) is 23.4 Å². The molecule has 256 valence electrons. The van der Waals surface area contributed by atoms with E-state index in [1.165, 1.54) is 6.92 Å². The van der Waals surface area contributed by atoms with E-state index in [1.807, 2.05) is 32.0 Å².